The number of hydrogen-bond acceptors (Lipinski definition) is 2. The summed E-state index contributed by atoms with van der Waals surface area (Å²) < 4.78 is 0. The summed E-state index contributed by atoms with van der Waals surface area (Å²) in [6.45, 7) is 0. The van der Waals surface area contributed by atoms with E-state index in [0.29, 0.717) is 5.57 Å². The largest absolute Gasteiger partial charge is 0.364 e. The van der Waals surface area contributed by atoms with Crippen molar-refractivity contribution in [1.82, 2.24) is 0 Å². The lowest BCUT2D eigenvalue weighted by atomic mass is 10.0. The maximum absolute atomic E-state index is 9.08. The third kappa shape index (κ3) is 1.50. The van der Waals surface area contributed by atoms with Gasteiger partial charge < -0.3 is 10.2 Å². The Morgan fingerprint density at radius 2 is 2.00 bits per heavy atom. The zero-order chi connectivity index (χ0) is 9.26. The molecule has 0 aromatic carbocycles. The van der Waals surface area contributed by atoms with Crippen LogP contribution < -0.4 is 0 Å². The second-order valence-electron chi connectivity index (χ2n) is 3.24. The van der Waals surface area contributed by atoms with Gasteiger partial charge in [-0.15, -0.1) is 0 Å². The highest BCUT2D eigenvalue weighted by Crippen LogP contribution is 2.31. The topological polar surface area (TPSA) is 40.5 Å². The molecule has 0 spiro atoms. The molecule has 2 aliphatic rings. The predicted octanol–water partition coefficient (Wildman–Crippen LogP) is 1.44. The monoisotopic (exact) mass is 176 g/mol. The van der Waals surface area contributed by atoms with Crippen molar-refractivity contribution in [1.29, 1.82) is 0 Å². The molecule has 0 aromatic rings. The van der Waals surface area contributed by atoms with Crippen LogP contribution in [0.3, 0.4) is 0 Å². The molecule has 0 radical (unpaired) electrons. The highest BCUT2D eigenvalue weighted by Gasteiger charge is 2.17. The Balaban J connectivity index is 2.28. The summed E-state index contributed by atoms with van der Waals surface area (Å²) in [7, 11) is 0. The molecule has 0 saturated heterocycles. The van der Waals surface area contributed by atoms with Crippen molar-refractivity contribution in [2.24, 2.45) is 0 Å². The fourth-order valence-electron chi connectivity index (χ4n) is 1.75. The summed E-state index contributed by atoms with van der Waals surface area (Å²) in [5.41, 5.74) is 2.92. The molecule has 2 N–H and O–H groups in total. The lowest BCUT2D eigenvalue weighted by molar-refractivity contribution is -0.00520. The molecule has 0 bridgehead atoms. The zero-order valence-corrected chi connectivity index (χ0v) is 7.27. The molecule has 0 aliphatic heterocycles. The van der Waals surface area contributed by atoms with E-state index in [2.05, 4.69) is 6.08 Å². The van der Waals surface area contributed by atoms with Crippen LogP contribution in [0, 0.1) is 0 Å². The standard InChI is InChI=1S/C11H12O2/c12-11(13)10-7-3-6-9(10)8-4-1-2-5-8/h1-4,7,11-13H,5-6H2. The fraction of sp³-hybridized carbons (Fsp3) is 0.273. The zero-order valence-electron chi connectivity index (χ0n) is 7.27. The summed E-state index contributed by atoms with van der Waals surface area (Å²) in [5.74, 6) is 0. The molecule has 13 heavy (non-hydrogen) atoms. The van der Waals surface area contributed by atoms with E-state index in [1.165, 1.54) is 5.57 Å². The highest BCUT2D eigenvalue weighted by atomic mass is 16.5. The van der Waals surface area contributed by atoms with Gasteiger partial charge in [0.1, 0.15) is 0 Å². The normalized spacial score (nSPS) is 20.7. The second-order valence-corrected chi connectivity index (χ2v) is 3.24. The van der Waals surface area contributed by atoms with Gasteiger partial charge in [-0.05, 0) is 24.0 Å². The van der Waals surface area contributed by atoms with Gasteiger partial charge in [0, 0.05) is 5.57 Å². The molecular weight excluding hydrogens is 164 g/mol. The Morgan fingerprint density at radius 1 is 1.15 bits per heavy atom. The van der Waals surface area contributed by atoms with E-state index in [1.54, 1.807) is 6.08 Å². The molecule has 0 amide bonds. The van der Waals surface area contributed by atoms with Gasteiger partial charge in [0.05, 0.1) is 0 Å². The van der Waals surface area contributed by atoms with Crippen LogP contribution in [0.2, 0.25) is 0 Å². The molecule has 0 fully saturated rings. The van der Waals surface area contributed by atoms with Crippen LogP contribution in [0.4, 0.5) is 0 Å². The van der Waals surface area contributed by atoms with E-state index >= 15 is 0 Å². The first kappa shape index (κ1) is 8.48. The number of aliphatic hydroxyl groups is 2. The smallest absolute Gasteiger partial charge is 0.178 e. The molecule has 0 atom stereocenters. The van der Waals surface area contributed by atoms with Gasteiger partial charge in [0.15, 0.2) is 6.29 Å². The van der Waals surface area contributed by atoms with Gasteiger partial charge in [0.25, 0.3) is 0 Å². The van der Waals surface area contributed by atoms with Crippen LogP contribution in [0.1, 0.15) is 12.8 Å². The van der Waals surface area contributed by atoms with Gasteiger partial charge in [-0.3, -0.25) is 0 Å². The van der Waals surface area contributed by atoms with E-state index in [1.807, 2.05) is 18.2 Å². The van der Waals surface area contributed by atoms with Crippen molar-refractivity contribution in [3.63, 3.8) is 0 Å². The van der Waals surface area contributed by atoms with Crippen molar-refractivity contribution >= 4 is 0 Å². The van der Waals surface area contributed by atoms with Crippen LogP contribution in [-0.2, 0) is 0 Å². The third-order valence-electron chi connectivity index (χ3n) is 2.40. The first-order chi connectivity index (χ1) is 6.29. The summed E-state index contributed by atoms with van der Waals surface area (Å²) >= 11 is 0. The van der Waals surface area contributed by atoms with Gasteiger partial charge >= 0.3 is 0 Å². The van der Waals surface area contributed by atoms with Gasteiger partial charge in [-0.1, -0.05) is 30.4 Å². The average molecular weight is 176 g/mol. The molecule has 68 valence electrons. The van der Waals surface area contributed by atoms with E-state index < -0.39 is 6.29 Å². The minimum Gasteiger partial charge on any atom is -0.364 e. The van der Waals surface area contributed by atoms with E-state index in [4.69, 9.17) is 10.2 Å². The molecule has 0 saturated carbocycles. The summed E-state index contributed by atoms with van der Waals surface area (Å²) in [6.07, 6.45) is 10.3. The first-order valence-corrected chi connectivity index (χ1v) is 4.41. The highest BCUT2D eigenvalue weighted by molar-refractivity contribution is 5.50. The van der Waals surface area contributed by atoms with Crippen molar-refractivity contribution in [2.45, 2.75) is 19.1 Å². The van der Waals surface area contributed by atoms with Crippen LogP contribution in [0.15, 0.2) is 47.1 Å². The van der Waals surface area contributed by atoms with Gasteiger partial charge in [-0.2, -0.15) is 0 Å². The maximum Gasteiger partial charge on any atom is 0.178 e. The Bertz CT molecular complexity index is 330. The van der Waals surface area contributed by atoms with E-state index in [-0.39, 0.29) is 0 Å². The summed E-state index contributed by atoms with van der Waals surface area (Å²) in [6, 6.07) is 0. The van der Waals surface area contributed by atoms with Crippen molar-refractivity contribution in [3.8, 4) is 0 Å². The van der Waals surface area contributed by atoms with Crippen LogP contribution in [0.25, 0.3) is 0 Å². The average Bonchev–Trinajstić information content (AvgIpc) is 2.74. The lowest BCUT2D eigenvalue weighted by Crippen LogP contribution is -2.08. The maximum atomic E-state index is 9.08. The summed E-state index contributed by atoms with van der Waals surface area (Å²) in [4.78, 5) is 0. The Morgan fingerprint density at radius 3 is 2.62 bits per heavy atom. The van der Waals surface area contributed by atoms with Crippen molar-refractivity contribution in [3.05, 3.63) is 47.1 Å². The number of allylic oxidation sites excluding steroid dienone is 6. The molecule has 0 unspecified atom stereocenters. The quantitative estimate of drug-likeness (QED) is 0.625. The number of aliphatic hydroxyl groups excluding tert-OH is 1. The molecule has 2 rings (SSSR count). The molecular formula is C11H12O2. The first-order valence-electron chi connectivity index (χ1n) is 4.41. The van der Waals surface area contributed by atoms with Crippen molar-refractivity contribution < 1.29 is 10.2 Å². The lowest BCUT2D eigenvalue weighted by Gasteiger charge is -2.09. The van der Waals surface area contributed by atoms with Crippen molar-refractivity contribution in [2.75, 3.05) is 0 Å². The SMILES string of the molecule is OC(O)C1=C(C2=CC=CC2)CC=C1. The minimum atomic E-state index is -1.34. The fourth-order valence-corrected chi connectivity index (χ4v) is 1.75. The van der Waals surface area contributed by atoms with Crippen LogP contribution in [0.5, 0.6) is 0 Å². The summed E-state index contributed by atoms with van der Waals surface area (Å²) in [5, 5.41) is 18.2. The molecule has 0 aromatic heterocycles. The third-order valence-corrected chi connectivity index (χ3v) is 2.40. The molecule has 2 heteroatoms. The van der Waals surface area contributed by atoms with E-state index in [0.717, 1.165) is 18.4 Å². The molecule has 2 aliphatic carbocycles. The Kier molecular flexibility index (Phi) is 2.17. The van der Waals surface area contributed by atoms with E-state index in [9.17, 15) is 0 Å². The molecule has 0 heterocycles. The minimum absolute atomic E-state index is 0.648. The van der Waals surface area contributed by atoms with Crippen LogP contribution >= 0.6 is 0 Å². The second kappa shape index (κ2) is 3.32. The Hall–Kier alpha value is -1.12. The Labute approximate surface area is 77.2 Å². The van der Waals surface area contributed by atoms with Gasteiger partial charge in [0.2, 0.25) is 0 Å². The van der Waals surface area contributed by atoms with Crippen LogP contribution in [-0.4, -0.2) is 16.5 Å². The molecule has 2 nitrogen and oxygen atoms in total. The predicted molar refractivity (Wildman–Crippen MR) is 50.8 cm³/mol. The number of rotatable bonds is 2. The number of hydrogen-bond donors (Lipinski definition) is 2. The van der Waals surface area contributed by atoms with Gasteiger partial charge in [-0.25, -0.2) is 0 Å².